The lowest BCUT2D eigenvalue weighted by Crippen LogP contribution is -2.41. The molecule has 0 saturated heterocycles. The van der Waals surface area contributed by atoms with E-state index in [4.69, 9.17) is 4.74 Å². The number of amides is 2. The van der Waals surface area contributed by atoms with Gasteiger partial charge in [-0.15, -0.1) is 0 Å². The molecule has 174 valence electrons. The molecule has 0 aromatic heterocycles. The van der Waals surface area contributed by atoms with E-state index in [-0.39, 0.29) is 11.5 Å². The highest BCUT2D eigenvalue weighted by Crippen LogP contribution is 2.29. The molecule has 3 N–H and O–H groups in total. The van der Waals surface area contributed by atoms with Crippen LogP contribution in [-0.2, 0) is 26.2 Å². The summed E-state index contributed by atoms with van der Waals surface area (Å²) in [4.78, 5) is 24.9. The SMILES string of the molecule is CCCNS(=O)(=O)c1cccc2c(NC(=O)[C@H](C)NC(=O)OCc3ccccc3)cccc12. The van der Waals surface area contributed by atoms with Crippen molar-refractivity contribution in [2.24, 2.45) is 0 Å². The minimum Gasteiger partial charge on any atom is -0.445 e. The number of benzene rings is 3. The molecule has 33 heavy (non-hydrogen) atoms. The minimum atomic E-state index is -3.69. The molecule has 0 aliphatic rings. The first kappa shape index (κ1) is 24.2. The molecule has 0 unspecified atom stereocenters. The Kier molecular flexibility index (Phi) is 8.02. The summed E-state index contributed by atoms with van der Waals surface area (Å²) in [5, 5.41) is 6.32. The Balaban J connectivity index is 1.70. The highest BCUT2D eigenvalue weighted by Gasteiger charge is 2.20. The fourth-order valence-electron chi connectivity index (χ4n) is 3.19. The quantitative estimate of drug-likeness (QED) is 0.441. The van der Waals surface area contributed by atoms with Crippen molar-refractivity contribution >= 4 is 38.5 Å². The van der Waals surface area contributed by atoms with Gasteiger partial charge in [-0.3, -0.25) is 4.79 Å². The molecule has 0 bridgehead atoms. The molecular formula is C24H27N3O5S. The number of nitrogens with one attached hydrogen (secondary N) is 3. The zero-order chi connectivity index (χ0) is 23.8. The number of ether oxygens (including phenoxy) is 1. The Bertz CT molecular complexity index is 1230. The molecule has 0 saturated carbocycles. The molecular weight excluding hydrogens is 442 g/mol. The molecule has 1 atom stereocenters. The van der Waals surface area contributed by atoms with E-state index in [1.807, 2.05) is 37.3 Å². The molecule has 0 heterocycles. The number of sulfonamides is 1. The van der Waals surface area contributed by atoms with Crippen molar-refractivity contribution in [3.05, 3.63) is 72.3 Å². The van der Waals surface area contributed by atoms with Crippen LogP contribution in [-0.4, -0.2) is 33.0 Å². The third-order valence-electron chi connectivity index (χ3n) is 4.91. The molecule has 0 aliphatic heterocycles. The average Bonchev–Trinajstić information content (AvgIpc) is 2.82. The van der Waals surface area contributed by atoms with Gasteiger partial charge >= 0.3 is 6.09 Å². The van der Waals surface area contributed by atoms with E-state index in [9.17, 15) is 18.0 Å². The zero-order valence-corrected chi connectivity index (χ0v) is 19.3. The maximum atomic E-state index is 12.7. The van der Waals surface area contributed by atoms with Gasteiger partial charge in [-0.05, 0) is 31.0 Å². The van der Waals surface area contributed by atoms with Crippen molar-refractivity contribution in [1.29, 1.82) is 0 Å². The highest BCUT2D eigenvalue weighted by atomic mass is 32.2. The Morgan fingerprint density at radius 2 is 1.64 bits per heavy atom. The standard InChI is InChI=1S/C24H27N3O5S/c1-3-15-25-33(30,31)22-14-8-11-19-20(22)12-7-13-21(19)27-23(28)17(2)26-24(29)32-16-18-9-5-4-6-10-18/h4-14,17,25H,3,15-16H2,1-2H3,(H,26,29)(H,27,28)/t17-/m0/s1. The van der Waals surface area contributed by atoms with Crippen LogP contribution in [0, 0.1) is 0 Å². The Morgan fingerprint density at radius 1 is 0.939 bits per heavy atom. The van der Waals surface area contributed by atoms with Gasteiger partial charge in [0, 0.05) is 23.0 Å². The Hall–Kier alpha value is -3.43. The van der Waals surface area contributed by atoms with Crippen LogP contribution in [0.1, 0.15) is 25.8 Å². The molecule has 0 aliphatic carbocycles. The molecule has 3 aromatic carbocycles. The van der Waals surface area contributed by atoms with Gasteiger partial charge in [-0.2, -0.15) is 0 Å². The largest absolute Gasteiger partial charge is 0.445 e. The number of hydrogen-bond donors (Lipinski definition) is 3. The van der Waals surface area contributed by atoms with Crippen LogP contribution in [0.15, 0.2) is 71.6 Å². The second-order valence-electron chi connectivity index (χ2n) is 7.47. The summed E-state index contributed by atoms with van der Waals surface area (Å²) in [5.74, 6) is -0.462. The van der Waals surface area contributed by atoms with E-state index >= 15 is 0 Å². The third-order valence-corrected chi connectivity index (χ3v) is 6.43. The second-order valence-corrected chi connectivity index (χ2v) is 9.21. The van der Waals surface area contributed by atoms with Gasteiger partial charge in [-0.25, -0.2) is 17.9 Å². The van der Waals surface area contributed by atoms with Crippen LogP contribution in [0.25, 0.3) is 10.8 Å². The van der Waals surface area contributed by atoms with E-state index in [1.54, 1.807) is 30.3 Å². The first-order valence-electron chi connectivity index (χ1n) is 10.6. The van der Waals surface area contributed by atoms with Gasteiger partial charge in [0.25, 0.3) is 0 Å². The lowest BCUT2D eigenvalue weighted by molar-refractivity contribution is -0.117. The highest BCUT2D eigenvalue weighted by molar-refractivity contribution is 7.89. The molecule has 0 spiro atoms. The van der Waals surface area contributed by atoms with Crippen LogP contribution in [0.2, 0.25) is 0 Å². The van der Waals surface area contributed by atoms with Crippen LogP contribution in [0.4, 0.5) is 10.5 Å². The number of rotatable bonds is 9. The first-order valence-corrected chi connectivity index (χ1v) is 12.1. The van der Waals surface area contributed by atoms with Gasteiger partial charge in [-0.1, -0.05) is 61.5 Å². The summed E-state index contributed by atoms with van der Waals surface area (Å²) >= 11 is 0. The molecule has 0 radical (unpaired) electrons. The smallest absolute Gasteiger partial charge is 0.408 e. The first-order chi connectivity index (χ1) is 15.8. The summed E-state index contributed by atoms with van der Waals surface area (Å²) in [6.45, 7) is 3.84. The van der Waals surface area contributed by atoms with E-state index in [1.165, 1.54) is 13.0 Å². The van der Waals surface area contributed by atoms with Gasteiger partial charge in [0.05, 0.1) is 4.90 Å². The fourth-order valence-corrected chi connectivity index (χ4v) is 4.54. The van der Waals surface area contributed by atoms with Crippen molar-refractivity contribution < 1.29 is 22.7 Å². The monoisotopic (exact) mass is 469 g/mol. The fraction of sp³-hybridized carbons (Fsp3) is 0.250. The van der Waals surface area contributed by atoms with Crippen molar-refractivity contribution in [3.8, 4) is 0 Å². The Morgan fingerprint density at radius 3 is 2.36 bits per heavy atom. The number of carbonyl (C=O) groups is 2. The summed E-state index contributed by atoms with van der Waals surface area (Å²) in [6.07, 6.45) is -0.0425. The van der Waals surface area contributed by atoms with Gasteiger partial charge in [0.2, 0.25) is 15.9 Å². The lowest BCUT2D eigenvalue weighted by Gasteiger charge is -2.16. The number of anilines is 1. The second kappa shape index (κ2) is 10.9. The number of fused-ring (bicyclic) bond motifs is 1. The molecule has 0 fully saturated rings. The minimum absolute atomic E-state index is 0.0909. The predicted molar refractivity (Wildman–Crippen MR) is 127 cm³/mol. The van der Waals surface area contributed by atoms with Crippen LogP contribution < -0.4 is 15.4 Å². The van der Waals surface area contributed by atoms with Crippen LogP contribution >= 0.6 is 0 Å². The van der Waals surface area contributed by atoms with Crippen molar-refractivity contribution in [3.63, 3.8) is 0 Å². The van der Waals surface area contributed by atoms with E-state index in [2.05, 4.69) is 15.4 Å². The predicted octanol–water partition coefficient (Wildman–Crippen LogP) is 3.78. The molecule has 3 rings (SSSR count). The van der Waals surface area contributed by atoms with Gasteiger partial charge in [0.1, 0.15) is 12.6 Å². The topological polar surface area (TPSA) is 114 Å². The van der Waals surface area contributed by atoms with Crippen LogP contribution in [0.5, 0.6) is 0 Å². The molecule has 3 aromatic rings. The average molecular weight is 470 g/mol. The number of carbonyl (C=O) groups excluding carboxylic acids is 2. The summed E-state index contributed by atoms with van der Waals surface area (Å²) in [7, 11) is -3.69. The number of alkyl carbamates (subject to hydrolysis) is 1. The summed E-state index contributed by atoms with van der Waals surface area (Å²) < 4.78 is 33.1. The summed E-state index contributed by atoms with van der Waals surface area (Å²) in [6, 6.07) is 18.3. The third kappa shape index (κ3) is 6.30. The number of hydrogen-bond acceptors (Lipinski definition) is 5. The molecule has 8 nitrogen and oxygen atoms in total. The van der Waals surface area contributed by atoms with E-state index < -0.39 is 28.1 Å². The van der Waals surface area contributed by atoms with Crippen molar-refractivity contribution in [2.75, 3.05) is 11.9 Å². The van der Waals surface area contributed by atoms with Gasteiger partial charge in [0.15, 0.2) is 0 Å². The van der Waals surface area contributed by atoms with Crippen molar-refractivity contribution in [1.82, 2.24) is 10.0 Å². The lowest BCUT2D eigenvalue weighted by atomic mass is 10.1. The van der Waals surface area contributed by atoms with Crippen molar-refractivity contribution in [2.45, 2.75) is 37.8 Å². The van der Waals surface area contributed by atoms with Crippen LogP contribution in [0.3, 0.4) is 0 Å². The normalized spacial score (nSPS) is 12.2. The maximum absolute atomic E-state index is 12.7. The van der Waals surface area contributed by atoms with E-state index in [0.29, 0.717) is 29.4 Å². The molecule has 2 amide bonds. The Labute approximate surface area is 193 Å². The summed E-state index contributed by atoms with van der Waals surface area (Å²) in [5.41, 5.74) is 1.27. The molecule has 9 heteroatoms. The zero-order valence-electron chi connectivity index (χ0n) is 18.5. The van der Waals surface area contributed by atoms with Gasteiger partial charge < -0.3 is 15.4 Å². The maximum Gasteiger partial charge on any atom is 0.408 e. The van der Waals surface area contributed by atoms with E-state index in [0.717, 1.165) is 5.56 Å².